The second kappa shape index (κ2) is 6.42. The van der Waals surface area contributed by atoms with Crippen molar-refractivity contribution in [3.63, 3.8) is 0 Å². The van der Waals surface area contributed by atoms with E-state index in [1.165, 1.54) is 11.1 Å². The molecule has 0 aliphatic carbocycles. The van der Waals surface area contributed by atoms with Crippen molar-refractivity contribution in [2.24, 2.45) is 18.1 Å². The minimum absolute atomic E-state index is 0. The first kappa shape index (κ1) is 19.5. The van der Waals surface area contributed by atoms with Gasteiger partial charge in [-0.3, -0.25) is 9.23 Å². The molecule has 4 N–H and O–H groups in total. The lowest BCUT2D eigenvalue weighted by Gasteiger charge is -2.32. The van der Waals surface area contributed by atoms with Gasteiger partial charge in [-0.1, -0.05) is 12.1 Å². The predicted molar refractivity (Wildman–Crippen MR) is 87.4 cm³/mol. The van der Waals surface area contributed by atoms with Gasteiger partial charge in [-0.05, 0) is 0 Å². The highest BCUT2D eigenvalue weighted by Gasteiger charge is 2.54. The molecule has 4 atom stereocenters. The highest BCUT2D eigenvalue weighted by atomic mass is 32.3. The summed E-state index contributed by atoms with van der Waals surface area (Å²) in [4.78, 5) is 19.4. The lowest BCUT2D eigenvalue weighted by molar-refractivity contribution is -0.0316. The molecule has 2 bridgehead atoms. The van der Waals surface area contributed by atoms with Crippen LogP contribution in [0.25, 0.3) is 0 Å². The molecule has 150 valence electrons. The molecule has 2 amide bonds. The lowest BCUT2D eigenvalue weighted by atomic mass is 9.87. The number of rotatable bonds is 4. The summed E-state index contributed by atoms with van der Waals surface area (Å²) >= 11 is 0. The van der Waals surface area contributed by atoms with Crippen molar-refractivity contribution < 1.29 is 37.5 Å². The fourth-order valence-electron chi connectivity index (χ4n) is 3.71. The van der Waals surface area contributed by atoms with Crippen LogP contribution < -0.4 is 0 Å². The van der Waals surface area contributed by atoms with Crippen molar-refractivity contribution in [1.82, 2.24) is 19.7 Å². The second-order valence-electron chi connectivity index (χ2n) is 6.42. The van der Waals surface area contributed by atoms with Crippen LogP contribution >= 0.6 is 0 Å². The molecule has 0 spiro atoms. The van der Waals surface area contributed by atoms with Crippen molar-refractivity contribution >= 4 is 22.1 Å². The number of aliphatic hydroxyl groups excluding tert-OH is 1. The predicted octanol–water partition coefficient (Wildman–Crippen LogP) is -1.45. The molecule has 0 saturated carbocycles. The molecular weight excluding hydrogens is 386 g/mol. The number of hydrogen-bond donors (Lipinski definition) is 2. The van der Waals surface area contributed by atoms with Gasteiger partial charge in [-0.15, -0.1) is 4.28 Å². The molecule has 13 nitrogen and oxygen atoms in total. The molecule has 14 heteroatoms. The topological polar surface area (TPSA) is 178 Å². The number of carbonyl (C=O) groups is 1. The van der Waals surface area contributed by atoms with E-state index < -0.39 is 34.6 Å². The van der Waals surface area contributed by atoms with Gasteiger partial charge >= 0.3 is 16.4 Å². The van der Waals surface area contributed by atoms with Crippen molar-refractivity contribution in [1.29, 1.82) is 0 Å². The molecule has 2 unspecified atom stereocenters. The minimum Gasteiger partial charge on any atom is -0.412 e. The third-order valence-electron chi connectivity index (χ3n) is 4.98. The Morgan fingerprint density at radius 1 is 1.44 bits per heavy atom. The molecular formula is C13H19N5O8S. The molecule has 1 aromatic heterocycles. The van der Waals surface area contributed by atoms with Gasteiger partial charge in [0.15, 0.2) is 6.10 Å². The smallest absolute Gasteiger partial charge is 0.412 e. The van der Waals surface area contributed by atoms with Gasteiger partial charge < -0.3 is 20.3 Å². The average molecular weight is 405 g/mol. The molecule has 4 heterocycles. The molecule has 1 aromatic rings. The summed E-state index contributed by atoms with van der Waals surface area (Å²) in [5.41, 5.74) is 1.75. The van der Waals surface area contributed by atoms with Crippen LogP contribution in [0.5, 0.6) is 0 Å². The number of aryl methyl sites for hydroxylation is 1. The van der Waals surface area contributed by atoms with Gasteiger partial charge in [-0.25, -0.2) is 4.79 Å². The maximum Gasteiger partial charge on any atom is 0.418 e. The zero-order valence-corrected chi connectivity index (χ0v) is 15.2. The monoisotopic (exact) mass is 405 g/mol. The van der Waals surface area contributed by atoms with Crippen LogP contribution in [0.3, 0.4) is 0 Å². The normalized spacial score (nSPS) is 29.3. The molecule has 4 rings (SSSR count). The Hall–Kier alpha value is -2.26. The number of amides is 2. The minimum atomic E-state index is -4.87. The SMILES string of the molecule is CC1C([C@@H]2c3c(cnn3C)[C@@H]3CN2C(=O)N3OS(=O)(=O)O)=NOC1CO.O. The Kier molecular flexibility index (Phi) is 4.63. The summed E-state index contributed by atoms with van der Waals surface area (Å²) in [7, 11) is -3.18. The first-order valence-electron chi connectivity index (χ1n) is 7.86. The van der Waals surface area contributed by atoms with Gasteiger partial charge in [0, 0.05) is 18.5 Å². The Bertz CT molecular complexity index is 899. The van der Waals surface area contributed by atoms with Gasteiger partial charge in [0.2, 0.25) is 0 Å². The van der Waals surface area contributed by atoms with Gasteiger partial charge in [0.05, 0.1) is 30.8 Å². The van der Waals surface area contributed by atoms with E-state index in [0.29, 0.717) is 22.0 Å². The summed E-state index contributed by atoms with van der Waals surface area (Å²) in [6.07, 6.45) is 0.996. The molecule has 3 aliphatic rings. The van der Waals surface area contributed by atoms with E-state index in [-0.39, 0.29) is 24.5 Å². The number of hydroxylamine groups is 2. The van der Waals surface area contributed by atoms with Gasteiger partial charge in [-0.2, -0.15) is 18.6 Å². The summed E-state index contributed by atoms with van der Waals surface area (Å²) in [6.45, 7) is 1.72. The molecule has 0 aromatic carbocycles. The van der Waals surface area contributed by atoms with Crippen molar-refractivity contribution in [2.45, 2.75) is 25.1 Å². The Labute approximate surface area is 153 Å². The van der Waals surface area contributed by atoms with Crippen molar-refractivity contribution in [2.75, 3.05) is 13.2 Å². The quantitative estimate of drug-likeness (QED) is 0.571. The number of oxime groups is 1. The van der Waals surface area contributed by atoms with Crippen LogP contribution in [0.2, 0.25) is 0 Å². The fraction of sp³-hybridized carbons (Fsp3) is 0.615. The van der Waals surface area contributed by atoms with Gasteiger partial charge in [0.25, 0.3) is 0 Å². The van der Waals surface area contributed by atoms with E-state index in [1.807, 2.05) is 6.92 Å². The summed E-state index contributed by atoms with van der Waals surface area (Å²) in [5, 5.41) is 18.3. The average Bonchev–Trinajstić information content (AvgIpc) is 3.20. The molecule has 0 radical (unpaired) electrons. The van der Waals surface area contributed by atoms with E-state index in [1.54, 1.807) is 11.7 Å². The third kappa shape index (κ3) is 2.85. The van der Waals surface area contributed by atoms with Crippen LogP contribution in [0.15, 0.2) is 11.4 Å². The Morgan fingerprint density at radius 3 is 2.74 bits per heavy atom. The lowest BCUT2D eigenvalue weighted by Crippen LogP contribution is -2.42. The number of aliphatic hydroxyl groups is 1. The highest BCUT2D eigenvalue weighted by Crippen LogP contribution is 2.46. The van der Waals surface area contributed by atoms with Crippen LogP contribution in [0.4, 0.5) is 4.79 Å². The molecule has 27 heavy (non-hydrogen) atoms. The number of fused-ring (bicyclic) bond motifs is 4. The van der Waals surface area contributed by atoms with E-state index in [0.717, 1.165) is 0 Å². The number of aromatic nitrogens is 2. The van der Waals surface area contributed by atoms with E-state index >= 15 is 0 Å². The first-order chi connectivity index (χ1) is 12.2. The zero-order chi connectivity index (χ0) is 18.8. The summed E-state index contributed by atoms with van der Waals surface area (Å²) in [6, 6.07) is -2.12. The fourth-order valence-corrected chi connectivity index (χ4v) is 4.08. The number of carbonyl (C=O) groups excluding carboxylic acids is 1. The standard InChI is InChI=1S/C13H17N5O7S.H2O/c1-6-9(5-19)24-15-10(6)12-11-7(3-14-16(11)2)8-4-17(12)13(20)18(8)25-26(21,22)23;/h3,6,8-9,12,19H,4-5H2,1-2H3,(H,21,22,23);1H2/t6?,8-,9?,12+;/m0./s1. The molecule has 1 fully saturated rings. The largest absolute Gasteiger partial charge is 0.418 e. The van der Waals surface area contributed by atoms with E-state index in [4.69, 9.17) is 9.39 Å². The Morgan fingerprint density at radius 2 is 2.15 bits per heavy atom. The van der Waals surface area contributed by atoms with Crippen LogP contribution in [0, 0.1) is 5.92 Å². The Balaban J connectivity index is 0.00000210. The second-order valence-corrected chi connectivity index (χ2v) is 7.43. The number of hydrogen-bond acceptors (Lipinski definition) is 8. The number of urea groups is 1. The van der Waals surface area contributed by atoms with Crippen molar-refractivity contribution in [3.05, 3.63) is 17.5 Å². The first-order valence-corrected chi connectivity index (χ1v) is 9.22. The zero-order valence-electron chi connectivity index (χ0n) is 14.4. The maximum absolute atomic E-state index is 12.7. The van der Waals surface area contributed by atoms with Crippen LogP contribution in [0.1, 0.15) is 30.3 Å². The van der Waals surface area contributed by atoms with Crippen LogP contribution in [-0.4, -0.2) is 74.3 Å². The highest BCUT2D eigenvalue weighted by molar-refractivity contribution is 7.80. The van der Waals surface area contributed by atoms with E-state index in [9.17, 15) is 18.3 Å². The number of nitrogens with zero attached hydrogens (tertiary/aromatic N) is 5. The van der Waals surface area contributed by atoms with E-state index in [2.05, 4.69) is 14.5 Å². The molecule has 3 aliphatic heterocycles. The van der Waals surface area contributed by atoms with Gasteiger partial charge in [0.1, 0.15) is 12.1 Å². The maximum atomic E-state index is 12.7. The molecule has 1 saturated heterocycles. The third-order valence-corrected chi connectivity index (χ3v) is 5.33. The summed E-state index contributed by atoms with van der Waals surface area (Å²) in [5.74, 6) is -0.270. The van der Waals surface area contributed by atoms with Crippen molar-refractivity contribution in [3.8, 4) is 0 Å². The summed E-state index contributed by atoms with van der Waals surface area (Å²) < 4.78 is 37.3. The van der Waals surface area contributed by atoms with Crippen LogP contribution in [-0.2, 0) is 26.6 Å².